The van der Waals surface area contributed by atoms with E-state index in [1.54, 1.807) is 24.3 Å². The lowest BCUT2D eigenvalue weighted by molar-refractivity contribution is -0.121. The number of thioether (sulfide) groups is 1. The molecular weight excluding hydrogens is 294 g/mol. The molecule has 4 atom stereocenters. The van der Waals surface area contributed by atoms with Gasteiger partial charge in [0, 0.05) is 16.6 Å². The van der Waals surface area contributed by atoms with E-state index in [2.05, 4.69) is 5.32 Å². The van der Waals surface area contributed by atoms with Gasteiger partial charge >= 0.3 is 0 Å². The lowest BCUT2D eigenvalue weighted by Crippen LogP contribution is -2.42. The van der Waals surface area contributed by atoms with Crippen molar-refractivity contribution in [1.82, 2.24) is 0 Å². The van der Waals surface area contributed by atoms with Gasteiger partial charge in [0.15, 0.2) is 0 Å². The third kappa shape index (κ3) is 3.06. The predicted octanol–water partition coefficient (Wildman–Crippen LogP) is 3.31. The van der Waals surface area contributed by atoms with E-state index in [1.165, 1.54) is 0 Å². The summed E-state index contributed by atoms with van der Waals surface area (Å²) in [4.78, 5) is 12.8. The molecular formula is C15H18F2N2OS. The normalized spacial score (nSPS) is 30.9. The quantitative estimate of drug-likeness (QED) is 0.839. The van der Waals surface area contributed by atoms with Crippen LogP contribution in [0.15, 0.2) is 29.2 Å². The molecule has 3 N–H and O–H groups in total. The van der Waals surface area contributed by atoms with Crippen LogP contribution in [0.25, 0.3) is 0 Å². The van der Waals surface area contributed by atoms with E-state index in [-0.39, 0.29) is 17.9 Å². The summed E-state index contributed by atoms with van der Waals surface area (Å²) in [5.41, 5.74) is 6.71. The smallest absolute Gasteiger partial charge is 0.288 e. The fraction of sp³-hybridized carbons (Fsp3) is 0.533. The van der Waals surface area contributed by atoms with Crippen molar-refractivity contribution in [3.8, 4) is 0 Å². The Morgan fingerprint density at radius 2 is 2.10 bits per heavy atom. The van der Waals surface area contributed by atoms with Gasteiger partial charge < -0.3 is 11.1 Å². The Bertz CT molecular complexity index is 538. The van der Waals surface area contributed by atoms with Crippen LogP contribution in [-0.2, 0) is 4.79 Å². The van der Waals surface area contributed by atoms with Crippen LogP contribution < -0.4 is 11.1 Å². The second kappa shape index (κ2) is 5.93. The molecule has 21 heavy (non-hydrogen) atoms. The first-order chi connectivity index (χ1) is 10.0. The number of halogens is 2. The van der Waals surface area contributed by atoms with Gasteiger partial charge in [-0.05, 0) is 49.3 Å². The number of carbonyl (C=O) groups is 1. The topological polar surface area (TPSA) is 55.1 Å². The van der Waals surface area contributed by atoms with Crippen molar-refractivity contribution in [3.05, 3.63) is 24.3 Å². The Kier molecular flexibility index (Phi) is 4.17. The fourth-order valence-corrected chi connectivity index (χ4v) is 4.26. The molecule has 0 radical (unpaired) electrons. The maximum Gasteiger partial charge on any atom is 0.288 e. The van der Waals surface area contributed by atoms with E-state index >= 15 is 0 Å². The van der Waals surface area contributed by atoms with Gasteiger partial charge in [0.05, 0.1) is 5.92 Å². The van der Waals surface area contributed by atoms with E-state index in [0.717, 1.165) is 19.3 Å². The minimum Gasteiger partial charge on any atom is -0.327 e. The van der Waals surface area contributed by atoms with Crippen molar-refractivity contribution in [2.24, 2.45) is 23.5 Å². The number of amides is 1. The minimum absolute atomic E-state index is 0.0672. The molecule has 0 spiro atoms. The molecule has 4 unspecified atom stereocenters. The number of benzene rings is 1. The third-order valence-electron chi connectivity index (χ3n) is 4.61. The van der Waals surface area contributed by atoms with E-state index in [0.29, 0.717) is 34.2 Å². The Morgan fingerprint density at radius 1 is 1.33 bits per heavy atom. The number of fused-ring (bicyclic) bond motifs is 2. The predicted molar refractivity (Wildman–Crippen MR) is 79.2 cm³/mol. The highest BCUT2D eigenvalue weighted by molar-refractivity contribution is 7.99. The van der Waals surface area contributed by atoms with E-state index in [4.69, 9.17) is 5.73 Å². The Labute approximate surface area is 126 Å². The van der Waals surface area contributed by atoms with Gasteiger partial charge in [-0.15, -0.1) is 0 Å². The van der Waals surface area contributed by atoms with Crippen LogP contribution in [-0.4, -0.2) is 17.7 Å². The average Bonchev–Trinajstić information content (AvgIpc) is 2.98. The van der Waals surface area contributed by atoms with E-state index in [1.807, 2.05) is 0 Å². The molecule has 0 aromatic heterocycles. The second-order valence-electron chi connectivity index (χ2n) is 5.83. The van der Waals surface area contributed by atoms with Crippen molar-refractivity contribution in [3.63, 3.8) is 0 Å². The molecule has 114 valence electrons. The molecule has 2 bridgehead atoms. The van der Waals surface area contributed by atoms with Crippen LogP contribution in [0.4, 0.5) is 14.5 Å². The molecule has 0 aliphatic heterocycles. The van der Waals surface area contributed by atoms with Gasteiger partial charge in [-0.25, -0.2) is 0 Å². The van der Waals surface area contributed by atoms with Gasteiger partial charge in [-0.1, -0.05) is 17.8 Å². The van der Waals surface area contributed by atoms with Gasteiger partial charge in [0.1, 0.15) is 0 Å². The van der Waals surface area contributed by atoms with Crippen LogP contribution in [0.3, 0.4) is 0 Å². The van der Waals surface area contributed by atoms with E-state index in [9.17, 15) is 13.6 Å². The lowest BCUT2D eigenvalue weighted by Gasteiger charge is -2.27. The van der Waals surface area contributed by atoms with Crippen LogP contribution in [0.2, 0.25) is 0 Å². The number of rotatable bonds is 4. The Morgan fingerprint density at radius 3 is 2.76 bits per heavy atom. The first kappa shape index (κ1) is 14.8. The van der Waals surface area contributed by atoms with Crippen molar-refractivity contribution in [2.45, 2.75) is 36.0 Å². The largest absolute Gasteiger partial charge is 0.327 e. The summed E-state index contributed by atoms with van der Waals surface area (Å²) in [6.07, 6.45) is 3.23. The van der Waals surface area contributed by atoms with Gasteiger partial charge in [-0.2, -0.15) is 8.78 Å². The summed E-state index contributed by atoms with van der Waals surface area (Å²) in [6, 6.07) is 6.50. The summed E-state index contributed by atoms with van der Waals surface area (Å²) in [5, 5.41) is 2.84. The highest BCUT2D eigenvalue weighted by atomic mass is 32.2. The lowest BCUT2D eigenvalue weighted by atomic mass is 9.84. The third-order valence-corrected chi connectivity index (χ3v) is 5.31. The molecule has 3 nitrogen and oxygen atoms in total. The molecule has 2 aliphatic carbocycles. The van der Waals surface area contributed by atoms with Crippen LogP contribution >= 0.6 is 11.8 Å². The minimum atomic E-state index is -2.46. The Balaban J connectivity index is 1.67. The van der Waals surface area contributed by atoms with Gasteiger partial charge in [0.25, 0.3) is 5.76 Å². The zero-order valence-electron chi connectivity index (χ0n) is 11.5. The van der Waals surface area contributed by atoms with Crippen molar-refractivity contribution >= 4 is 23.4 Å². The van der Waals surface area contributed by atoms with Gasteiger partial charge in [-0.3, -0.25) is 4.79 Å². The zero-order valence-corrected chi connectivity index (χ0v) is 12.3. The van der Waals surface area contributed by atoms with Gasteiger partial charge in [0.2, 0.25) is 5.91 Å². The molecule has 1 aromatic rings. The van der Waals surface area contributed by atoms with E-state index < -0.39 is 5.76 Å². The van der Waals surface area contributed by atoms with Crippen molar-refractivity contribution in [1.29, 1.82) is 0 Å². The van der Waals surface area contributed by atoms with Crippen LogP contribution in [0.5, 0.6) is 0 Å². The highest BCUT2D eigenvalue weighted by Gasteiger charge is 2.49. The molecule has 2 saturated carbocycles. The number of hydrogen-bond acceptors (Lipinski definition) is 3. The first-order valence-electron chi connectivity index (χ1n) is 7.16. The maximum atomic E-state index is 12.4. The standard InChI is InChI=1S/C15H18F2N2OS/c16-15(17)21-11-3-1-2-10(7-11)19-14(20)12-8-4-5-9(6-8)13(12)18/h1-3,7-9,12-13,15H,4-6,18H2,(H,19,20). The monoisotopic (exact) mass is 312 g/mol. The molecule has 0 saturated heterocycles. The summed E-state index contributed by atoms with van der Waals surface area (Å²) in [5.74, 6) is -1.84. The fourth-order valence-electron chi connectivity index (χ4n) is 3.70. The summed E-state index contributed by atoms with van der Waals surface area (Å²) in [6.45, 7) is 0. The average molecular weight is 312 g/mol. The SMILES string of the molecule is NC1C2CCC(C2)C1C(=O)Nc1cccc(SC(F)F)c1. The van der Waals surface area contributed by atoms with Crippen LogP contribution in [0, 0.1) is 17.8 Å². The molecule has 0 heterocycles. The zero-order chi connectivity index (χ0) is 15.0. The first-order valence-corrected chi connectivity index (χ1v) is 8.04. The Hall–Kier alpha value is -1.14. The summed E-state index contributed by atoms with van der Waals surface area (Å²) < 4.78 is 24.7. The maximum absolute atomic E-state index is 12.4. The van der Waals surface area contributed by atoms with Crippen molar-refractivity contribution in [2.75, 3.05) is 5.32 Å². The molecule has 2 fully saturated rings. The molecule has 1 aromatic carbocycles. The number of anilines is 1. The summed E-state index contributed by atoms with van der Waals surface area (Å²) >= 11 is 0.475. The van der Waals surface area contributed by atoms with Crippen LogP contribution in [0.1, 0.15) is 19.3 Å². The summed E-state index contributed by atoms with van der Waals surface area (Å²) in [7, 11) is 0. The molecule has 1 amide bonds. The number of nitrogens with two attached hydrogens (primary N) is 1. The number of carbonyl (C=O) groups excluding carboxylic acids is 1. The highest BCUT2D eigenvalue weighted by Crippen LogP contribution is 2.47. The number of nitrogens with one attached hydrogen (secondary N) is 1. The van der Waals surface area contributed by atoms with Crippen molar-refractivity contribution < 1.29 is 13.6 Å². The molecule has 6 heteroatoms. The number of hydrogen-bond donors (Lipinski definition) is 2. The molecule has 2 aliphatic rings. The number of alkyl halides is 2. The molecule has 3 rings (SSSR count). The second-order valence-corrected chi connectivity index (χ2v) is 6.90.